The van der Waals surface area contributed by atoms with Crippen molar-refractivity contribution in [3.63, 3.8) is 0 Å². The van der Waals surface area contributed by atoms with Crippen molar-refractivity contribution >= 4 is 41.1 Å². The van der Waals surface area contributed by atoms with Gasteiger partial charge >= 0.3 is 6.09 Å². The van der Waals surface area contributed by atoms with Gasteiger partial charge in [0.1, 0.15) is 11.9 Å². The van der Waals surface area contributed by atoms with Crippen LogP contribution in [0.5, 0.6) is 0 Å². The lowest BCUT2D eigenvalue weighted by Gasteiger charge is -2.36. The molecule has 0 bridgehead atoms. The molecule has 36 heavy (non-hydrogen) atoms. The van der Waals surface area contributed by atoms with Crippen LogP contribution < -0.4 is 15.1 Å². The second-order valence-electron chi connectivity index (χ2n) is 8.58. The van der Waals surface area contributed by atoms with Crippen LogP contribution in [0.25, 0.3) is 6.08 Å². The highest BCUT2D eigenvalue weighted by Crippen LogP contribution is 2.28. The van der Waals surface area contributed by atoms with Gasteiger partial charge in [0.2, 0.25) is 11.7 Å². The average Bonchev–Trinajstić information content (AvgIpc) is 3.26. The maximum atomic E-state index is 15.0. The third kappa shape index (κ3) is 5.88. The van der Waals surface area contributed by atoms with Crippen LogP contribution >= 0.6 is 0 Å². The third-order valence-corrected chi connectivity index (χ3v) is 6.04. The van der Waals surface area contributed by atoms with Gasteiger partial charge in [0.25, 0.3) is 5.91 Å². The summed E-state index contributed by atoms with van der Waals surface area (Å²) in [5.74, 6) is -1.92. The Bertz CT molecular complexity index is 1180. The Morgan fingerprint density at radius 3 is 2.47 bits per heavy atom. The van der Waals surface area contributed by atoms with E-state index in [0.717, 1.165) is 5.56 Å². The minimum absolute atomic E-state index is 0.186. The summed E-state index contributed by atoms with van der Waals surface area (Å²) in [6.45, 7) is 3.06. The molecule has 0 radical (unpaired) electrons. The first-order valence-electron chi connectivity index (χ1n) is 11.7. The second-order valence-corrected chi connectivity index (χ2v) is 8.58. The van der Waals surface area contributed by atoms with Crippen molar-refractivity contribution in [1.82, 2.24) is 10.2 Å². The van der Waals surface area contributed by atoms with Crippen LogP contribution in [0, 0.1) is 5.82 Å². The molecule has 2 aromatic carbocycles. The Morgan fingerprint density at radius 1 is 1.08 bits per heavy atom. The maximum Gasteiger partial charge on any atom is 0.414 e. The number of anilines is 2. The fourth-order valence-electron chi connectivity index (χ4n) is 4.13. The SMILES string of the molecule is CC(=O)NC[C@H]1CN(c2ccc(N3CCN(C(=O)C(=O)/C=C/c4ccccc4)CC3)c(F)c2)C(=O)O1. The molecule has 0 aromatic heterocycles. The van der Waals surface area contributed by atoms with E-state index in [-0.39, 0.29) is 32.1 Å². The molecular weight excluding hydrogens is 467 g/mol. The molecule has 1 N–H and O–H groups in total. The molecule has 2 fully saturated rings. The molecule has 4 rings (SSSR count). The summed E-state index contributed by atoms with van der Waals surface area (Å²) in [7, 11) is 0. The molecule has 3 amide bonds. The van der Waals surface area contributed by atoms with Gasteiger partial charge in [0, 0.05) is 33.1 Å². The van der Waals surface area contributed by atoms with Gasteiger partial charge in [-0.3, -0.25) is 19.3 Å². The summed E-state index contributed by atoms with van der Waals surface area (Å²) in [4.78, 5) is 52.7. The topological polar surface area (TPSA) is 99.3 Å². The molecule has 2 saturated heterocycles. The Morgan fingerprint density at radius 2 is 1.81 bits per heavy atom. The zero-order valence-corrected chi connectivity index (χ0v) is 19.9. The number of halogens is 1. The summed E-state index contributed by atoms with van der Waals surface area (Å²) in [6.07, 6.45) is 1.76. The summed E-state index contributed by atoms with van der Waals surface area (Å²) in [5, 5.41) is 2.60. The van der Waals surface area contributed by atoms with E-state index >= 15 is 0 Å². The van der Waals surface area contributed by atoms with Crippen LogP contribution in [0.1, 0.15) is 12.5 Å². The summed E-state index contributed by atoms with van der Waals surface area (Å²) in [5.41, 5.74) is 1.53. The van der Waals surface area contributed by atoms with Gasteiger partial charge in [-0.25, -0.2) is 9.18 Å². The van der Waals surface area contributed by atoms with Crippen molar-refractivity contribution in [1.29, 1.82) is 0 Å². The van der Waals surface area contributed by atoms with E-state index in [1.54, 1.807) is 23.1 Å². The molecule has 188 valence electrons. The molecule has 2 aromatic rings. The number of carbonyl (C=O) groups is 4. The number of ketones is 1. The van der Waals surface area contributed by atoms with E-state index in [1.807, 2.05) is 30.3 Å². The minimum Gasteiger partial charge on any atom is -0.442 e. The first kappa shape index (κ1) is 24.9. The number of nitrogens with zero attached hydrogens (tertiary/aromatic N) is 3. The van der Waals surface area contributed by atoms with Crippen molar-refractivity contribution in [2.45, 2.75) is 13.0 Å². The predicted octanol–water partition coefficient (Wildman–Crippen LogP) is 2.22. The summed E-state index contributed by atoms with van der Waals surface area (Å²) < 4.78 is 20.2. The van der Waals surface area contributed by atoms with Gasteiger partial charge in [-0.05, 0) is 29.8 Å². The monoisotopic (exact) mass is 494 g/mol. The van der Waals surface area contributed by atoms with E-state index in [4.69, 9.17) is 4.74 Å². The molecule has 2 aliphatic rings. The number of hydrogen-bond acceptors (Lipinski definition) is 6. The van der Waals surface area contributed by atoms with E-state index < -0.39 is 29.7 Å². The molecule has 0 unspecified atom stereocenters. The molecule has 9 nitrogen and oxygen atoms in total. The van der Waals surface area contributed by atoms with Crippen LogP contribution in [-0.4, -0.2) is 74.0 Å². The van der Waals surface area contributed by atoms with Crippen LogP contribution in [-0.2, 0) is 19.1 Å². The molecule has 1 atom stereocenters. The minimum atomic E-state index is -0.601. The number of piperazine rings is 1. The quantitative estimate of drug-likeness (QED) is 0.468. The molecular formula is C26H27FN4O5. The van der Waals surface area contributed by atoms with E-state index in [0.29, 0.717) is 24.5 Å². The number of nitrogens with one attached hydrogen (secondary N) is 1. The fourth-order valence-corrected chi connectivity index (χ4v) is 4.13. The Hall–Kier alpha value is -4.21. The van der Waals surface area contributed by atoms with Crippen molar-refractivity contribution in [3.8, 4) is 0 Å². The highest BCUT2D eigenvalue weighted by atomic mass is 19.1. The number of rotatable bonds is 7. The number of cyclic esters (lactones) is 1. The van der Waals surface area contributed by atoms with Crippen molar-refractivity contribution < 1.29 is 28.3 Å². The van der Waals surface area contributed by atoms with E-state index in [1.165, 1.54) is 28.9 Å². The van der Waals surface area contributed by atoms with Gasteiger partial charge in [0.05, 0.1) is 24.5 Å². The predicted molar refractivity (Wildman–Crippen MR) is 132 cm³/mol. The van der Waals surface area contributed by atoms with Gasteiger partial charge in [-0.1, -0.05) is 36.4 Å². The van der Waals surface area contributed by atoms with Crippen molar-refractivity contribution in [3.05, 3.63) is 66.0 Å². The average molecular weight is 495 g/mol. The van der Waals surface area contributed by atoms with Gasteiger partial charge < -0.3 is 19.9 Å². The Kier molecular flexibility index (Phi) is 7.62. The van der Waals surface area contributed by atoms with E-state index in [2.05, 4.69) is 5.32 Å². The first-order valence-corrected chi connectivity index (χ1v) is 11.7. The van der Waals surface area contributed by atoms with Crippen LogP contribution in [0.4, 0.5) is 20.6 Å². The van der Waals surface area contributed by atoms with Gasteiger partial charge in [0.15, 0.2) is 0 Å². The van der Waals surface area contributed by atoms with Gasteiger partial charge in [-0.15, -0.1) is 0 Å². The summed E-state index contributed by atoms with van der Waals surface area (Å²) >= 11 is 0. The zero-order chi connectivity index (χ0) is 25.7. The summed E-state index contributed by atoms with van der Waals surface area (Å²) in [6, 6.07) is 13.7. The molecule has 10 heteroatoms. The zero-order valence-electron chi connectivity index (χ0n) is 19.9. The number of hydrogen-bond donors (Lipinski definition) is 1. The van der Waals surface area contributed by atoms with Crippen LogP contribution in [0.15, 0.2) is 54.6 Å². The van der Waals surface area contributed by atoms with Crippen molar-refractivity contribution in [2.75, 3.05) is 49.1 Å². The number of amides is 3. The number of carbonyl (C=O) groups excluding carboxylic acids is 4. The largest absolute Gasteiger partial charge is 0.442 e. The second kappa shape index (κ2) is 11.0. The van der Waals surface area contributed by atoms with Gasteiger partial charge in [-0.2, -0.15) is 0 Å². The van der Waals surface area contributed by atoms with Crippen LogP contribution in [0.2, 0.25) is 0 Å². The molecule has 0 spiro atoms. The lowest BCUT2D eigenvalue weighted by atomic mass is 10.1. The van der Waals surface area contributed by atoms with Crippen molar-refractivity contribution in [2.24, 2.45) is 0 Å². The third-order valence-electron chi connectivity index (χ3n) is 6.04. The first-order chi connectivity index (χ1) is 17.3. The normalized spacial score (nSPS) is 17.9. The lowest BCUT2D eigenvalue weighted by molar-refractivity contribution is -0.142. The standard InChI is InChI=1S/C26H27FN4O5/c1-18(32)28-16-21-17-31(26(35)36-21)20-8-9-23(22(27)15-20)29-11-13-30(14-12-29)25(34)24(33)10-7-19-5-3-2-4-6-19/h2-10,15,21H,11-14,16-17H2,1H3,(H,28,32)/b10-7+/t21-/m0/s1. The Labute approximate surface area is 208 Å². The highest BCUT2D eigenvalue weighted by molar-refractivity contribution is 6.41. The smallest absolute Gasteiger partial charge is 0.414 e. The molecule has 2 heterocycles. The Balaban J connectivity index is 1.32. The molecule has 0 aliphatic carbocycles. The number of benzene rings is 2. The molecule has 0 saturated carbocycles. The lowest BCUT2D eigenvalue weighted by Crippen LogP contribution is -2.50. The fraction of sp³-hybridized carbons (Fsp3) is 0.308. The van der Waals surface area contributed by atoms with Crippen LogP contribution in [0.3, 0.4) is 0 Å². The number of ether oxygens (including phenoxy) is 1. The maximum absolute atomic E-state index is 15.0. The van der Waals surface area contributed by atoms with E-state index in [9.17, 15) is 23.6 Å². The molecule has 2 aliphatic heterocycles. The highest BCUT2D eigenvalue weighted by Gasteiger charge is 2.33.